The summed E-state index contributed by atoms with van der Waals surface area (Å²) in [6, 6.07) is 0. The molecule has 1 aromatic rings. The first-order chi connectivity index (χ1) is 9.25. The van der Waals surface area contributed by atoms with Gasteiger partial charge in [0.1, 0.15) is 16.8 Å². The molecule has 0 radical (unpaired) electrons. The van der Waals surface area contributed by atoms with Gasteiger partial charge in [0.15, 0.2) is 0 Å². The third kappa shape index (κ3) is 4.63. The van der Waals surface area contributed by atoms with E-state index in [0.717, 1.165) is 17.8 Å². The fourth-order valence-corrected chi connectivity index (χ4v) is 1.99. The van der Waals surface area contributed by atoms with E-state index < -0.39 is 0 Å². The van der Waals surface area contributed by atoms with Crippen molar-refractivity contribution in [1.82, 2.24) is 15.3 Å². The van der Waals surface area contributed by atoms with Gasteiger partial charge in [-0.1, -0.05) is 39.3 Å². The van der Waals surface area contributed by atoms with Gasteiger partial charge in [-0.15, -0.1) is 0 Å². The zero-order valence-electron chi connectivity index (χ0n) is 12.8. The van der Waals surface area contributed by atoms with Crippen molar-refractivity contribution < 1.29 is 4.79 Å². The van der Waals surface area contributed by atoms with Gasteiger partial charge in [0.25, 0.3) is 0 Å². The minimum atomic E-state index is -0.372. The molecule has 0 aliphatic carbocycles. The Bertz CT molecular complexity index is 483. The number of carbonyl (C=O) groups excluding carboxylic acids is 1. The number of rotatable bonds is 5. The second-order valence-corrected chi connectivity index (χ2v) is 6.03. The summed E-state index contributed by atoms with van der Waals surface area (Å²) in [5, 5.41) is 6.57. The molecule has 0 bridgehead atoms. The minimum absolute atomic E-state index is 0.0342. The van der Waals surface area contributed by atoms with Gasteiger partial charge in [-0.2, -0.15) is 0 Å². The molecule has 0 atom stereocenters. The summed E-state index contributed by atoms with van der Waals surface area (Å²) in [7, 11) is 0. The molecule has 0 aliphatic rings. The van der Waals surface area contributed by atoms with Crippen LogP contribution in [0.5, 0.6) is 0 Å². The number of hydrogen-bond donors (Lipinski definition) is 2. The molecule has 0 spiro atoms. The summed E-state index contributed by atoms with van der Waals surface area (Å²) in [4.78, 5) is 20.2. The fraction of sp³-hybridized carbons (Fsp3) is 0.643. The molecule has 0 saturated carbocycles. The van der Waals surface area contributed by atoms with Crippen LogP contribution in [0.1, 0.15) is 39.1 Å². The molecule has 1 aromatic heterocycles. The molecule has 0 unspecified atom stereocenters. The lowest BCUT2D eigenvalue weighted by atomic mass is 9.96. The van der Waals surface area contributed by atoms with Gasteiger partial charge in [0, 0.05) is 24.1 Å². The van der Waals surface area contributed by atoms with Crippen molar-refractivity contribution >= 4 is 23.3 Å². The van der Waals surface area contributed by atoms with E-state index >= 15 is 0 Å². The molecule has 0 aliphatic heterocycles. The van der Waals surface area contributed by atoms with E-state index in [1.165, 1.54) is 0 Å². The molecule has 0 saturated heterocycles. The number of amides is 1. The van der Waals surface area contributed by atoms with Gasteiger partial charge < -0.3 is 10.6 Å². The Balaban J connectivity index is 2.57. The number of carbonyl (C=O) groups is 1. The second kappa shape index (κ2) is 6.88. The highest BCUT2D eigenvalue weighted by Gasteiger charge is 2.20. The number of aryl methyl sites for hydroxylation is 1. The highest BCUT2D eigenvalue weighted by Crippen LogP contribution is 2.21. The summed E-state index contributed by atoms with van der Waals surface area (Å²) in [6.07, 6.45) is 0.760. The molecule has 1 heterocycles. The van der Waals surface area contributed by atoms with E-state index in [9.17, 15) is 4.79 Å². The maximum atomic E-state index is 11.7. The number of aromatic nitrogens is 2. The maximum absolute atomic E-state index is 11.7. The van der Waals surface area contributed by atoms with Crippen LogP contribution in [0.2, 0.25) is 5.15 Å². The fourth-order valence-electron chi connectivity index (χ4n) is 1.64. The molecule has 1 rings (SSSR count). The topological polar surface area (TPSA) is 66.9 Å². The van der Waals surface area contributed by atoms with Crippen LogP contribution in [-0.4, -0.2) is 29.0 Å². The van der Waals surface area contributed by atoms with Gasteiger partial charge in [0.05, 0.1) is 0 Å². The Hall–Kier alpha value is -1.36. The molecule has 1 amide bonds. The Morgan fingerprint density at radius 3 is 2.45 bits per heavy atom. The van der Waals surface area contributed by atoms with Crippen molar-refractivity contribution in [2.45, 2.75) is 41.0 Å². The summed E-state index contributed by atoms with van der Waals surface area (Å²) in [6.45, 7) is 10.6. The summed E-state index contributed by atoms with van der Waals surface area (Å²) >= 11 is 6.10. The molecular formula is C14H23ClN4O. The molecule has 0 aromatic carbocycles. The molecule has 6 heteroatoms. The number of halogens is 1. The predicted octanol–water partition coefficient (Wildman–Crippen LogP) is 2.58. The van der Waals surface area contributed by atoms with E-state index in [1.807, 2.05) is 27.7 Å². The minimum Gasteiger partial charge on any atom is -0.368 e. The molecule has 5 nitrogen and oxygen atoms in total. The summed E-state index contributed by atoms with van der Waals surface area (Å²) < 4.78 is 0. The van der Waals surface area contributed by atoms with Crippen molar-refractivity contribution in [3.05, 3.63) is 16.5 Å². The summed E-state index contributed by atoms with van der Waals surface area (Å²) in [5.41, 5.74) is 0.531. The standard InChI is InChI=1S/C14H23ClN4O/c1-6-10-11(15)18-9(2)19-12(10)16-7-8-17-13(20)14(3,4)5/h6-8H2,1-5H3,(H,17,20)(H,16,18,19). The smallest absolute Gasteiger partial charge is 0.225 e. The van der Waals surface area contributed by atoms with Crippen LogP contribution in [0.25, 0.3) is 0 Å². The monoisotopic (exact) mass is 298 g/mol. The first-order valence-corrected chi connectivity index (χ1v) is 7.18. The second-order valence-electron chi connectivity index (χ2n) is 5.68. The first-order valence-electron chi connectivity index (χ1n) is 6.81. The highest BCUT2D eigenvalue weighted by molar-refractivity contribution is 6.30. The lowest BCUT2D eigenvalue weighted by molar-refractivity contribution is -0.128. The zero-order chi connectivity index (χ0) is 15.3. The summed E-state index contributed by atoms with van der Waals surface area (Å²) in [5.74, 6) is 1.41. The van der Waals surface area contributed by atoms with Crippen LogP contribution in [0.4, 0.5) is 5.82 Å². The third-order valence-electron chi connectivity index (χ3n) is 2.81. The average Bonchev–Trinajstić information content (AvgIpc) is 2.32. The third-order valence-corrected chi connectivity index (χ3v) is 3.12. The van der Waals surface area contributed by atoms with E-state index in [1.54, 1.807) is 6.92 Å². The predicted molar refractivity (Wildman–Crippen MR) is 82.1 cm³/mol. The number of hydrogen-bond acceptors (Lipinski definition) is 4. The van der Waals surface area contributed by atoms with Crippen molar-refractivity contribution in [3.63, 3.8) is 0 Å². The Morgan fingerprint density at radius 1 is 1.25 bits per heavy atom. The van der Waals surface area contributed by atoms with Crippen molar-refractivity contribution in [2.75, 3.05) is 18.4 Å². The first kappa shape index (κ1) is 16.7. The molecule has 20 heavy (non-hydrogen) atoms. The van der Waals surface area contributed by atoms with Crippen LogP contribution < -0.4 is 10.6 Å². The molecule has 2 N–H and O–H groups in total. The molecule has 0 fully saturated rings. The maximum Gasteiger partial charge on any atom is 0.225 e. The van der Waals surface area contributed by atoms with Crippen molar-refractivity contribution in [1.29, 1.82) is 0 Å². The van der Waals surface area contributed by atoms with E-state index in [2.05, 4.69) is 20.6 Å². The SMILES string of the molecule is CCc1c(Cl)nc(C)nc1NCCNC(=O)C(C)(C)C. The van der Waals surface area contributed by atoms with Crippen molar-refractivity contribution in [3.8, 4) is 0 Å². The van der Waals surface area contributed by atoms with E-state index in [0.29, 0.717) is 24.1 Å². The lowest BCUT2D eigenvalue weighted by Crippen LogP contribution is -2.37. The largest absolute Gasteiger partial charge is 0.368 e. The van der Waals surface area contributed by atoms with Crippen LogP contribution in [0, 0.1) is 12.3 Å². The van der Waals surface area contributed by atoms with Gasteiger partial charge in [-0.25, -0.2) is 9.97 Å². The zero-order valence-corrected chi connectivity index (χ0v) is 13.6. The molecule has 112 valence electrons. The van der Waals surface area contributed by atoms with Gasteiger partial charge in [-0.3, -0.25) is 4.79 Å². The van der Waals surface area contributed by atoms with E-state index in [-0.39, 0.29) is 11.3 Å². The van der Waals surface area contributed by atoms with E-state index in [4.69, 9.17) is 11.6 Å². The van der Waals surface area contributed by atoms with Crippen LogP contribution in [0.15, 0.2) is 0 Å². The Labute approximate surface area is 125 Å². The average molecular weight is 299 g/mol. The van der Waals surface area contributed by atoms with Gasteiger partial charge in [-0.05, 0) is 13.3 Å². The highest BCUT2D eigenvalue weighted by atomic mass is 35.5. The van der Waals surface area contributed by atoms with Gasteiger partial charge in [0.2, 0.25) is 5.91 Å². The lowest BCUT2D eigenvalue weighted by Gasteiger charge is -2.18. The number of nitrogens with zero attached hydrogens (tertiary/aromatic N) is 2. The number of anilines is 1. The Kier molecular flexibility index (Phi) is 5.74. The quantitative estimate of drug-likeness (QED) is 0.648. The van der Waals surface area contributed by atoms with Crippen molar-refractivity contribution in [2.24, 2.45) is 5.41 Å². The Morgan fingerprint density at radius 2 is 1.90 bits per heavy atom. The van der Waals surface area contributed by atoms with Gasteiger partial charge >= 0.3 is 0 Å². The van der Waals surface area contributed by atoms with Crippen LogP contribution in [0.3, 0.4) is 0 Å². The van der Waals surface area contributed by atoms with Crippen LogP contribution >= 0.6 is 11.6 Å². The molecular weight excluding hydrogens is 276 g/mol. The van der Waals surface area contributed by atoms with Crippen LogP contribution in [-0.2, 0) is 11.2 Å². The number of nitrogens with one attached hydrogen (secondary N) is 2. The normalized spacial score (nSPS) is 11.3.